The molecule has 6 heteroatoms. The lowest BCUT2D eigenvalue weighted by Crippen LogP contribution is -2.33. The van der Waals surface area contributed by atoms with E-state index in [1.165, 1.54) is 4.90 Å². The molecule has 15 heavy (non-hydrogen) atoms. The molecular weight excluding hydrogens is 198 g/mol. The molecule has 6 nitrogen and oxygen atoms in total. The van der Waals surface area contributed by atoms with Crippen LogP contribution in [0.3, 0.4) is 0 Å². The predicted octanol–water partition coefficient (Wildman–Crippen LogP) is 1.09. The van der Waals surface area contributed by atoms with Crippen molar-refractivity contribution in [2.75, 3.05) is 32.6 Å². The number of anilines is 1. The summed E-state index contributed by atoms with van der Waals surface area (Å²) in [6.45, 7) is 2.79. The summed E-state index contributed by atoms with van der Waals surface area (Å²) in [5.74, 6) is 1.08. The van der Waals surface area contributed by atoms with Crippen molar-refractivity contribution in [3.8, 4) is 0 Å². The van der Waals surface area contributed by atoms with Gasteiger partial charge in [0.25, 0.3) is 0 Å². The molecule has 0 aliphatic heterocycles. The first kappa shape index (κ1) is 11.5. The summed E-state index contributed by atoms with van der Waals surface area (Å²) in [5, 5.41) is 6.25. The fraction of sp³-hybridized carbons (Fsp3) is 0.556. The van der Waals surface area contributed by atoms with Gasteiger partial charge in [-0.3, -0.25) is 5.32 Å². The second-order valence-corrected chi connectivity index (χ2v) is 3.17. The molecule has 2 amide bonds. The van der Waals surface area contributed by atoms with E-state index in [0.29, 0.717) is 24.7 Å². The molecule has 0 aliphatic carbocycles. The molecule has 0 unspecified atom stereocenters. The van der Waals surface area contributed by atoms with Gasteiger partial charge in [0.05, 0.1) is 6.61 Å². The quantitative estimate of drug-likeness (QED) is 0.813. The van der Waals surface area contributed by atoms with Crippen LogP contribution in [-0.4, -0.2) is 43.4 Å². The molecule has 0 bridgehead atoms. The number of aromatic nitrogens is 1. The molecule has 1 heterocycles. The van der Waals surface area contributed by atoms with Crippen molar-refractivity contribution < 1.29 is 14.1 Å². The van der Waals surface area contributed by atoms with Crippen molar-refractivity contribution in [3.63, 3.8) is 0 Å². The Morgan fingerprint density at radius 2 is 2.47 bits per heavy atom. The maximum atomic E-state index is 11.5. The molecule has 0 fully saturated rings. The van der Waals surface area contributed by atoms with Crippen molar-refractivity contribution in [1.29, 1.82) is 0 Å². The van der Waals surface area contributed by atoms with Gasteiger partial charge in [-0.1, -0.05) is 5.16 Å². The van der Waals surface area contributed by atoms with Crippen LogP contribution >= 0.6 is 0 Å². The highest BCUT2D eigenvalue weighted by atomic mass is 16.5. The molecule has 0 saturated heterocycles. The zero-order valence-corrected chi connectivity index (χ0v) is 9.11. The summed E-state index contributed by atoms with van der Waals surface area (Å²) in [6.07, 6.45) is 0. The number of carbonyl (C=O) groups excluding carboxylic acids is 1. The third-order valence-electron chi connectivity index (χ3n) is 1.84. The maximum Gasteiger partial charge on any atom is 0.322 e. The number of nitrogens with one attached hydrogen (secondary N) is 1. The van der Waals surface area contributed by atoms with E-state index in [9.17, 15) is 4.79 Å². The minimum atomic E-state index is -0.236. The van der Waals surface area contributed by atoms with Crippen molar-refractivity contribution in [2.45, 2.75) is 6.92 Å². The summed E-state index contributed by atoms with van der Waals surface area (Å²) in [7, 11) is 3.27. The Balaban J connectivity index is 2.41. The summed E-state index contributed by atoms with van der Waals surface area (Å²) in [6, 6.07) is 1.42. The fourth-order valence-electron chi connectivity index (χ4n) is 0.960. The number of hydrogen-bond acceptors (Lipinski definition) is 4. The Kier molecular flexibility index (Phi) is 4.11. The van der Waals surface area contributed by atoms with Crippen molar-refractivity contribution in [1.82, 2.24) is 10.1 Å². The van der Waals surface area contributed by atoms with E-state index >= 15 is 0 Å². The van der Waals surface area contributed by atoms with Gasteiger partial charge in [0.2, 0.25) is 0 Å². The fourth-order valence-corrected chi connectivity index (χ4v) is 0.960. The number of methoxy groups -OCH3 is 1. The number of aryl methyl sites for hydroxylation is 1. The van der Waals surface area contributed by atoms with Crippen LogP contribution in [0, 0.1) is 6.92 Å². The van der Waals surface area contributed by atoms with Crippen LogP contribution in [-0.2, 0) is 4.74 Å². The highest BCUT2D eigenvalue weighted by molar-refractivity contribution is 5.87. The smallest absolute Gasteiger partial charge is 0.322 e. The average Bonchev–Trinajstić information content (AvgIpc) is 2.60. The predicted molar refractivity (Wildman–Crippen MR) is 54.8 cm³/mol. The van der Waals surface area contributed by atoms with Crippen LogP contribution in [0.4, 0.5) is 10.6 Å². The molecule has 84 valence electrons. The third kappa shape index (κ3) is 3.59. The number of urea groups is 1. The minimum absolute atomic E-state index is 0.236. The van der Waals surface area contributed by atoms with Crippen molar-refractivity contribution in [2.24, 2.45) is 0 Å². The Morgan fingerprint density at radius 3 is 3.00 bits per heavy atom. The van der Waals surface area contributed by atoms with Gasteiger partial charge >= 0.3 is 6.03 Å². The molecule has 0 saturated carbocycles. The lowest BCUT2D eigenvalue weighted by Gasteiger charge is -2.15. The third-order valence-corrected chi connectivity index (χ3v) is 1.84. The van der Waals surface area contributed by atoms with E-state index in [1.54, 1.807) is 27.1 Å². The summed E-state index contributed by atoms with van der Waals surface area (Å²) >= 11 is 0. The number of carbonyl (C=O) groups is 1. The van der Waals surface area contributed by atoms with E-state index in [2.05, 4.69) is 10.5 Å². The number of ether oxygens (including phenoxy) is 1. The number of nitrogens with zero attached hydrogens (tertiary/aromatic N) is 2. The zero-order chi connectivity index (χ0) is 11.3. The van der Waals surface area contributed by atoms with E-state index in [0.717, 1.165) is 0 Å². The van der Waals surface area contributed by atoms with Crippen molar-refractivity contribution in [3.05, 3.63) is 11.8 Å². The molecule has 1 N–H and O–H groups in total. The molecule has 0 aromatic carbocycles. The molecule has 1 aromatic heterocycles. The van der Waals surface area contributed by atoms with Gasteiger partial charge in [-0.05, 0) is 6.92 Å². The van der Waals surface area contributed by atoms with Crippen molar-refractivity contribution >= 4 is 11.8 Å². The van der Waals surface area contributed by atoms with Crippen LogP contribution in [0.1, 0.15) is 5.76 Å². The highest BCUT2D eigenvalue weighted by Gasteiger charge is 2.10. The number of hydrogen-bond donors (Lipinski definition) is 1. The van der Waals surface area contributed by atoms with Gasteiger partial charge in [-0.15, -0.1) is 0 Å². The first-order valence-corrected chi connectivity index (χ1v) is 4.58. The van der Waals surface area contributed by atoms with E-state index in [4.69, 9.17) is 9.26 Å². The first-order valence-electron chi connectivity index (χ1n) is 4.58. The monoisotopic (exact) mass is 213 g/mol. The Bertz CT molecular complexity index is 324. The van der Waals surface area contributed by atoms with Gasteiger partial charge < -0.3 is 14.2 Å². The maximum absolute atomic E-state index is 11.5. The standard InChI is InChI=1S/C9H15N3O3/c1-7-6-8(11-15-7)10-9(13)12(2)4-5-14-3/h6H,4-5H2,1-3H3,(H,10,11,13). The van der Waals surface area contributed by atoms with Gasteiger partial charge in [0, 0.05) is 26.8 Å². The molecule has 0 atom stereocenters. The molecule has 0 spiro atoms. The lowest BCUT2D eigenvalue weighted by molar-refractivity contribution is 0.165. The number of likely N-dealkylation sites (N-methyl/N-ethyl adjacent to an activating group) is 1. The minimum Gasteiger partial charge on any atom is -0.383 e. The van der Waals surface area contributed by atoms with Gasteiger partial charge in [-0.25, -0.2) is 4.79 Å². The normalized spacial score (nSPS) is 10.1. The van der Waals surface area contributed by atoms with Gasteiger partial charge in [0.1, 0.15) is 5.76 Å². The second kappa shape index (κ2) is 5.35. The molecule has 0 aliphatic rings. The summed E-state index contributed by atoms with van der Waals surface area (Å²) < 4.78 is 9.68. The molecule has 1 rings (SSSR count). The van der Waals surface area contributed by atoms with Gasteiger partial charge in [0.15, 0.2) is 5.82 Å². The summed E-state index contributed by atoms with van der Waals surface area (Å²) in [4.78, 5) is 13.0. The van der Waals surface area contributed by atoms with E-state index in [1.807, 2.05) is 0 Å². The molecule has 1 aromatic rings. The SMILES string of the molecule is COCCN(C)C(=O)Nc1cc(C)on1. The Hall–Kier alpha value is -1.56. The lowest BCUT2D eigenvalue weighted by atomic mass is 10.5. The average molecular weight is 213 g/mol. The molecular formula is C9H15N3O3. The second-order valence-electron chi connectivity index (χ2n) is 3.17. The van der Waals surface area contributed by atoms with Crippen LogP contribution in [0.15, 0.2) is 10.6 Å². The summed E-state index contributed by atoms with van der Waals surface area (Å²) in [5.41, 5.74) is 0. The Morgan fingerprint density at radius 1 is 1.73 bits per heavy atom. The zero-order valence-electron chi connectivity index (χ0n) is 9.11. The topological polar surface area (TPSA) is 67.6 Å². The van der Waals surface area contributed by atoms with Crippen LogP contribution in [0.2, 0.25) is 0 Å². The van der Waals surface area contributed by atoms with Crippen LogP contribution in [0.5, 0.6) is 0 Å². The van der Waals surface area contributed by atoms with E-state index in [-0.39, 0.29) is 6.03 Å². The molecule has 0 radical (unpaired) electrons. The van der Waals surface area contributed by atoms with E-state index < -0.39 is 0 Å². The highest BCUT2D eigenvalue weighted by Crippen LogP contribution is 2.07. The van der Waals surface area contributed by atoms with Crippen LogP contribution in [0.25, 0.3) is 0 Å². The van der Waals surface area contributed by atoms with Crippen LogP contribution < -0.4 is 5.32 Å². The first-order chi connectivity index (χ1) is 7.13. The largest absolute Gasteiger partial charge is 0.383 e. The number of rotatable bonds is 4. The Labute approximate surface area is 88.2 Å². The number of amides is 2. The van der Waals surface area contributed by atoms with Gasteiger partial charge in [-0.2, -0.15) is 0 Å².